The highest BCUT2D eigenvalue weighted by atomic mass is 19.1. The van der Waals surface area contributed by atoms with Crippen LogP contribution in [0.2, 0.25) is 0 Å². The lowest BCUT2D eigenvalue weighted by Gasteiger charge is -2.27. The molecule has 11 heteroatoms. The first-order chi connectivity index (χ1) is 23.3. The van der Waals surface area contributed by atoms with Crippen LogP contribution in [0.1, 0.15) is 60.2 Å². The summed E-state index contributed by atoms with van der Waals surface area (Å²) in [5, 5.41) is 18.4. The highest BCUT2D eigenvalue weighted by molar-refractivity contribution is 6.04. The zero-order valence-corrected chi connectivity index (χ0v) is 27.7. The molecule has 1 atom stereocenters. The molecule has 5 aromatic rings. The summed E-state index contributed by atoms with van der Waals surface area (Å²) in [6.45, 7) is 7.80. The van der Waals surface area contributed by atoms with Crippen molar-refractivity contribution in [1.29, 1.82) is 0 Å². The molecule has 0 bridgehead atoms. The molecule has 0 amide bonds. The first-order valence-corrected chi connectivity index (χ1v) is 16.7. The molecule has 2 N–H and O–H groups in total. The SMILES string of the molecule is CCOC(=O)c1[nH]c2c(-c3c([C@H](O)CCN4CCOCC4)nn(C)c3CC)c(F)ccc2c1CCCOc1cccc2cc(F)ccc12. The van der Waals surface area contributed by atoms with Gasteiger partial charge in [-0.15, -0.1) is 0 Å². The summed E-state index contributed by atoms with van der Waals surface area (Å²) in [5.41, 5.74) is 3.41. The van der Waals surface area contributed by atoms with Crippen molar-refractivity contribution in [2.75, 3.05) is 46.1 Å². The van der Waals surface area contributed by atoms with Crippen LogP contribution < -0.4 is 4.74 Å². The molecule has 3 aromatic carbocycles. The number of hydrogen-bond donors (Lipinski definition) is 2. The predicted octanol–water partition coefficient (Wildman–Crippen LogP) is 6.51. The van der Waals surface area contributed by atoms with E-state index in [9.17, 15) is 14.3 Å². The first kappa shape index (κ1) is 33.6. The predicted molar refractivity (Wildman–Crippen MR) is 180 cm³/mol. The third kappa shape index (κ3) is 6.80. The number of nitrogens with one attached hydrogen (secondary N) is 1. The summed E-state index contributed by atoms with van der Waals surface area (Å²) < 4.78 is 48.5. The molecule has 6 rings (SSSR count). The topological polar surface area (TPSA) is 102 Å². The van der Waals surface area contributed by atoms with Gasteiger partial charge in [0.25, 0.3) is 0 Å². The Balaban J connectivity index is 1.33. The largest absolute Gasteiger partial charge is 0.493 e. The van der Waals surface area contributed by atoms with Gasteiger partial charge in [0.05, 0.1) is 43.7 Å². The Morgan fingerprint density at radius 3 is 2.65 bits per heavy atom. The molecule has 1 aliphatic rings. The molecule has 0 radical (unpaired) electrons. The number of ether oxygens (including phenoxy) is 3. The van der Waals surface area contributed by atoms with Crippen molar-refractivity contribution in [2.45, 2.75) is 45.6 Å². The van der Waals surface area contributed by atoms with Gasteiger partial charge in [0.1, 0.15) is 23.1 Å². The van der Waals surface area contributed by atoms with E-state index in [1.165, 1.54) is 18.2 Å². The zero-order chi connectivity index (χ0) is 33.8. The average Bonchev–Trinajstić information content (AvgIpc) is 3.62. The quantitative estimate of drug-likeness (QED) is 0.110. The van der Waals surface area contributed by atoms with Crippen molar-refractivity contribution in [3.05, 3.63) is 82.8 Å². The second-order valence-corrected chi connectivity index (χ2v) is 12.1. The molecular formula is C37H42F2N4O5. The van der Waals surface area contributed by atoms with E-state index in [4.69, 9.17) is 19.3 Å². The van der Waals surface area contributed by atoms with Gasteiger partial charge in [-0.1, -0.05) is 19.1 Å². The maximum Gasteiger partial charge on any atom is 0.355 e. The van der Waals surface area contributed by atoms with E-state index in [-0.39, 0.29) is 23.7 Å². The molecule has 1 aliphatic heterocycles. The molecule has 48 heavy (non-hydrogen) atoms. The molecule has 3 heterocycles. The summed E-state index contributed by atoms with van der Waals surface area (Å²) in [6, 6.07) is 13.2. The van der Waals surface area contributed by atoms with Crippen molar-refractivity contribution in [3.8, 4) is 16.9 Å². The van der Waals surface area contributed by atoms with Crippen LogP contribution >= 0.6 is 0 Å². The van der Waals surface area contributed by atoms with Crippen LogP contribution in [-0.2, 0) is 29.4 Å². The van der Waals surface area contributed by atoms with Crippen LogP contribution in [-0.4, -0.2) is 76.8 Å². The number of nitrogens with zero attached hydrogens (tertiary/aromatic N) is 3. The van der Waals surface area contributed by atoms with Crippen LogP contribution in [0.4, 0.5) is 8.78 Å². The van der Waals surface area contributed by atoms with Gasteiger partial charge in [-0.3, -0.25) is 9.58 Å². The second-order valence-electron chi connectivity index (χ2n) is 12.1. The Morgan fingerprint density at radius 2 is 1.88 bits per heavy atom. The van der Waals surface area contributed by atoms with E-state index >= 15 is 4.39 Å². The van der Waals surface area contributed by atoms with Gasteiger partial charge in [0.2, 0.25) is 0 Å². The Bertz CT molecular complexity index is 1910. The summed E-state index contributed by atoms with van der Waals surface area (Å²) >= 11 is 0. The third-order valence-electron chi connectivity index (χ3n) is 9.06. The first-order valence-electron chi connectivity index (χ1n) is 16.7. The van der Waals surface area contributed by atoms with Crippen molar-refractivity contribution in [1.82, 2.24) is 19.7 Å². The smallest absolute Gasteiger partial charge is 0.355 e. The highest BCUT2D eigenvalue weighted by Gasteiger charge is 2.29. The second kappa shape index (κ2) is 14.8. The molecule has 0 saturated carbocycles. The van der Waals surface area contributed by atoms with Crippen molar-refractivity contribution in [3.63, 3.8) is 0 Å². The summed E-state index contributed by atoms with van der Waals surface area (Å²) in [6.07, 6.45) is 1.05. The fraction of sp³-hybridized carbons (Fsp3) is 0.405. The molecule has 1 fully saturated rings. The number of aromatic amines is 1. The number of carbonyl (C=O) groups is 1. The Morgan fingerprint density at radius 1 is 1.08 bits per heavy atom. The number of aromatic nitrogens is 3. The van der Waals surface area contributed by atoms with Crippen LogP contribution in [0.25, 0.3) is 32.8 Å². The molecule has 0 spiro atoms. The number of carbonyl (C=O) groups excluding carboxylic acids is 1. The van der Waals surface area contributed by atoms with Gasteiger partial charge < -0.3 is 24.3 Å². The molecule has 1 saturated heterocycles. The zero-order valence-electron chi connectivity index (χ0n) is 27.7. The van der Waals surface area contributed by atoms with Crippen molar-refractivity contribution in [2.24, 2.45) is 7.05 Å². The number of aliphatic hydroxyl groups is 1. The lowest BCUT2D eigenvalue weighted by Crippen LogP contribution is -2.37. The number of fused-ring (bicyclic) bond motifs is 2. The molecular weight excluding hydrogens is 618 g/mol. The normalized spacial score (nSPS) is 14.5. The van der Waals surface area contributed by atoms with Crippen molar-refractivity contribution < 1.29 is 32.9 Å². The molecule has 2 aromatic heterocycles. The van der Waals surface area contributed by atoms with Crippen LogP contribution in [0.3, 0.4) is 0 Å². The number of aryl methyl sites for hydroxylation is 2. The van der Waals surface area contributed by atoms with Crippen molar-refractivity contribution >= 4 is 27.6 Å². The monoisotopic (exact) mass is 660 g/mol. The Hall–Kier alpha value is -4.32. The van der Waals surface area contributed by atoms with Gasteiger partial charge in [-0.2, -0.15) is 5.10 Å². The van der Waals surface area contributed by atoms with E-state index < -0.39 is 17.9 Å². The molecule has 9 nitrogen and oxygen atoms in total. The number of aliphatic hydroxyl groups excluding tert-OH is 1. The number of morpholine rings is 1. The standard InChI is InChI=1S/C37H42F2N4O5/c1-4-29-33(36(41-42(29)3)30(44)15-16-43-17-20-46-21-18-43)32-28(39)14-13-27-26(35(40-34(27)32)37(45)47-5-2)9-7-19-48-31-10-6-8-23-22-24(38)11-12-25(23)31/h6,8,10-14,22,30,40,44H,4-5,7,9,15-21H2,1-3H3/t30-/m1/s1. The van der Waals surface area contributed by atoms with Gasteiger partial charge in [0, 0.05) is 54.3 Å². The lowest BCUT2D eigenvalue weighted by molar-refractivity contribution is 0.0297. The minimum Gasteiger partial charge on any atom is -0.493 e. The fourth-order valence-electron chi connectivity index (χ4n) is 6.72. The number of H-pyrrole nitrogens is 1. The number of esters is 1. The maximum atomic E-state index is 16.1. The Kier molecular flexibility index (Phi) is 10.4. The minimum absolute atomic E-state index is 0.182. The van der Waals surface area contributed by atoms with E-state index in [0.717, 1.165) is 29.6 Å². The molecule has 0 unspecified atom stereocenters. The summed E-state index contributed by atoms with van der Waals surface area (Å²) in [4.78, 5) is 18.7. The number of benzene rings is 3. The van der Waals surface area contributed by atoms with Crippen LogP contribution in [0, 0.1) is 11.6 Å². The number of halogens is 2. The maximum absolute atomic E-state index is 16.1. The number of rotatable bonds is 13. The number of hydrogen-bond acceptors (Lipinski definition) is 7. The fourth-order valence-corrected chi connectivity index (χ4v) is 6.72. The van der Waals surface area contributed by atoms with E-state index in [1.54, 1.807) is 30.8 Å². The minimum atomic E-state index is -0.925. The van der Waals surface area contributed by atoms with Crippen LogP contribution in [0.15, 0.2) is 48.5 Å². The molecule has 0 aliphatic carbocycles. The van der Waals surface area contributed by atoms with Gasteiger partial charge >= 0.3 is 5.97 Å². The van der Waals surface area contributed by atoms with E-state index in [0.29, 0.717) is 85.5 Å². The van der Waals surface area contributed by atoms with E-state index in [1.807, 2.05) is 25.1 Å². The van der Waals surface area contributed by atoms with Gasteiger partial charge in [-0.25, -0.2) is 13.6 Å². The Labute approximate surface area is 278 Å². The van der Waals surface area contributed by atoms with Gasteiger partial charge in [-0.05, 0) is 80.0 Å². The average molecular weight is 661 g/mol. The van der Waals surface area contributed by atoms with Gasteiger partial charge in [0.15, 0.2) is 0 Å². The van der Waals surface area contributed by atoms with E-state index in [2.05, 4.69) is 9.88 Å². The summed E-state index contributed by atoms with van der Waals surface area (Å²) in [7, 11) is 1.80. The third-order valence-corrected chi connectivity index (χ3v) is 9.06. The summed E-state index contributed by atoms with van der Waals surface area (Å²) in [5.74, 6) is -0.677. The molecule has 254 valence electrons. The lowest BCUT2D eigenvalue weighted by atomic mass is 9.94. The van der Waals surface area contributed by atoms with Crippen LogP contribution in [0.5, 0.6) is 5.75 Å². The highest BCUT2D eigenvalue weighted by Crippen LogP contribution is 2.40.